The fourth-order valence-electron chi connectivity index (χ4n) is 4.05. The predicted octanol–water partition coefficient (Wildman–Crippen LogP) is 3.03. The third-order valence-corrected chi connectivity index (χ3v) is 5.71. The first-order chi connectivity index (χ1) is 12.4. The molecule has 0 bridgehead atoms. The average molecular weight is 363 g/mol. The van der Waals surface area contributed by atoms with Gasteiger partial charge in [0.05, 0.1) is 25.4 Å². The molecule has 0 aromatic heterocycles. The molecule has 5 nitrogen and oxygen atoms in total. The number of amides is 1. The summed E-state index contributed by atoms with van der Waals surface area (Å²) in [4.78, 5) is 24.4. The van der Waals surface area contributed by atoms with E-state index in [-0.39, 0.29) is 36.0 Å². The number of ether oxygens (including phenoxy) is 2. The Hall–Kier alpha value is -1.20. The molecule has 1 N–H and O–H groups in total. The quantitative estimate of drug-likeness (QED) is 0.640. The monoisotopic (exact) mass is 363 g/mol. The molecule has 1 aliphatic carbocycles. The van der Waals surface area contributed by atoms with E-state index in [0.717, 1.165) is 25.7 Å². The minimum absolute atomic E-state index is 0.0515. The van der Waals surface area contributed by atoms with E-state index in [1.54, 1.807) is 0 Å². The molecule has 3 aliphatic rings. The van der Waals surface area contributed by atoms with Gasteiger partial charge in [-0.05, 0) is 45.4 Å². The molecule has 3 rings (SSSR count). The lowest BCUT2D eigenvalue weighted by atomic mass is 9.90. The first kappa shape index (κ1) is 19.6. The minimum Gasteiger partial charge on any atom is -0.373 e. The van der Waals surface area contributed by atoms with Crippen LogP contribution in [0.2, 0.25) is 0 Å². The van der Waals surface area contributed by atoms with E-state index < -0.39 is 0 Å². The number of allylic oxidation sites excluding steroid dienone is 2. The molecule has 5 atom stereocenters. The van der Waals surface area contributed by atoms with Crippen molar-refractivity contribution >= 4 is 11.7 Å². The van der Waals surface area contributed by atoms with Gasteiger partial charge in [-0.2, -0.15) is 0 Å². The van der Waals surface area contributed by atoms with Crippen molar-refractivity contribution in [3.05, 3.63) is 11.6 Å². The summed E-state index contributed by atoms with van der Waals surface area (Å²) in [6.45, 7) is 7.42. The van der Waals surface area contributed by atoms with Crippen LogP contribution < -0.4 is 5.32 Å². The van der Waals surface area contributed by atoms with Crippen molar-refractivity contribution in [1.29, 1.82) is 0 Å². The van der Waals surface area contributed by atoms with E-state index in [4.69, 9.17) is 9.47 Å². The van der Waals surface area contributed by atoms with Crippen molar-refractivity contribution in [2.45, 2.75) is 77.5 Å². The summed E-state index contributed by atoms with van der Waals surface area (Å²) in [6.07, 6.45) is 7.34. The van der Waals surface area contributed by atoms with Crippen molar-refractivity contribution in [2.75, 3.05) is 13.2 Å². The van der Waals surface area contributed by atoms with Gasteiger partial charge in [0.2, 0.25) is 5.91 Å². The zero-order chi connectivity index (χ0) is 18.7. The Bertz CT molecular complexity index is 550. The second kappa shape index (κ2) is 8.66. The van der Waals surface area contributed by atoms with Crippen LogP contribution in [-0.4, -0.2) is 43.2 Å². The topological polar surface area (TPSA) is 64.6 Å². The minimum atomic E-state index is -0.0920. The summed E-state index contributed by atoms with van der Waals surface area (Å²) in [5, 5.41) is 3.07. The second-order valence-corrected chi connectivity index (χ2v) is 8.66. The van der Waals surface area contributed by atoms with Crippen LogP contribution in [0.15, 0.2) is 11.6 Å². The molecule has 0 radical (unpaired) electrons. The van der Waals surface area contributed by atoms with E-state index in [2.05, 4.69) is 32.2 Å². The Labute approximate surface area is 156 Å². The molecule has 2 aliphatic heterocycles. The number of nitrogens with one attached hydrogen (secondary N) is 1. The van der Waals surface area contributed by atoms with Crippen LogP contribution in [0.5, 0.6) is 0 Å². The Balaban J connectivity index is 1.41. The zero-order valence-corrected chi connectivity index (χ0v) is 16.3. The van der Waals surface area contributed by atoms with Crippen molar-refractivity contribution in [3.63, 3.8) is 0 Å². The molecule has 1 unspecified atom stereocenters. The highest BCUT2D eigenvalue weighted by Crippen LogP contribution is 2.35. The molecule has 1 saturated carbocycles. The summed E-state index contributed by atoms with van der Waals surface area (Å²) in [5.41, 5.74) is 1.33. The van der Waals surface area contributed by atoms with Crippen LogP contribution in [-0.2, 0) is 19.1 Å². The van der Waals surface area contributed by atoms with Gasteiger partial charge < -0.3 is 14.8 Å². The van der Waals surface area contributed by atoms with Gasteiger partial charge in [0.1, 0.15) is 11.9 Å². The second-order valence-electron chi connectivity index (χ2n) is 8.66. The largest absolute Gasteiger partial charge is 0.373 e. The first-order valence-corrected chi connectivity index (χ1v) is 10.1. The summed E-state index contributed by atoms with van der Waals surface area (Å²) in [6, 6.07) is -0.0591. The molecule has 0 aromatic rings. The van der Waals surface area contributed by atoms with E-state index in [0.29, 0.717) is 37.8 Å². The molecule has 0 spiro atoms. The number of rotatable bonds is 9. The van der Waals surface area contributed by atoms with Crippen LogP contribution in [0.25, 0.3) is 0 Å². The Morgan fingerprint density at radius 3 is 2.58 bits per heavy atom. The van der Waals surface area contributed by atoms with Gasteiger partial charge in [-0.1, -0.05) is 18.6 Å². The predicted molar refractivity (Wildman–Crippen MR) is 99.7 cm³/mol. The molecule has 3 fully saturated rings. The molecular weight excluding hydrogens is 330 g/mol. The maximum absolute atomic E-state index is 12.5. The highest BCUT2D eigenvalue weighted by atomic mass is 16.6. The molecule has 5 heteroatoms. The number of fused-ring (bicyclic) bond motifs is 1. The van der Waals surface area contributed by atoms with E-state index >= 15 is 0 Å². The molecule has 2 saturated heterocycles. The van der Waals surface area contributed by atoms with Gasteiger partial charge in [-0.3, -0.25) is 9.59 Å². The summed E-state index contributed by atoms with van der Waals surface area (Å²) < 4.78 is 11.8. The zero-order valence-electron chi connectivity index (χ0n) is 16.3. The lowest BCUT2D eigenvalue weighted by Crippen LogP contribution is -2.44. The van der Waals surface area contributed by atoms with Crippen LogP contribution >= 0.6 is 0 Å². The van der Waals surface area contributed by atoms with Crippen molar-refractivity contribution < 1.29 is 19.1 Å². The number of hydrogen-bond donors (Lipinski definition) is 1. The molecule has 146 valence electrons. The highest BCUT2D eigenvalue weighted by Gasteiger charge is 2.49. The summed E-state index contributed by atoms with van der Waals surface area (Å²) >= 11 is 0. The summed E-state index contributed by atoms with van der Waals surface area (Å²) in [7, 11) is 0. The van der Waals surface area contributed by atoms with Gasteiger partial charge >= 0.3 is 0 Å². The highest BCUT2D eigenvalue weighted by molar-refractivity contribution is 5.81. The number of carbonyl (C=O) groups excluding carboxylic acids is 2. The molecule has 2 heterocycles. The van der Waals surface area contributed by atoms with Crippen LogP contribution in [0.1, 0.15) is 59.3 Å². The number of Topliss-reactive ketones (excluding diaryl/α,β-unsaturated/α-hetero) is 1. The van der Waals surface area contributed by atoms with Crippen LogP contribution in [0.3, 0.4) is 0 Å². The molecular formula is C21H33NO4. The van der Waals surface area contributed by atoms with Crippen molar-refractivity contribution in [2.24, 2.45) is 17.8 Å². The fourth-order valence-corrected chi connectivity index (χ4v) is 4.05. The van der Waals surface area contributed by atoms with Crippen LogP contribution in [0, 0.1) is 17.8 Å². The van der Waals surface area contributed by atoms with Gasteiger partial charge in [0.25, 0.3) is 0 Å². The fraction of sp³-hybridized carbons (Fsp3) is 0.810. The standard InChI is InChI=1S/C21H33NO4/c1-13(2)5-4-6-14(3)9-17(23)10-16-11-25-20-18(12-26-19(16)20)22-21(24)15-7-8-15/h5,14-16,18-20H,4,6-12H2,1-3H3,(H,22,24)/t14?,16-,18-,19+,20+/m0/s1. The smallest absolute Gasteiger partial charge is 0.223 e. The van der Waals surface area contributed by atoms with Gasteiger partial charge in [-0.15, -0.1) is 0 Å². The van der Waals surface area contributed by atoms with Crippen molar-refractivity contribution in [3.8, 4) is 0 Å². The maximum atomic E-state index is 12.5. The molecule has 0 aromatic carbocycles. The normalized spacial score (nSPS) is 31.3. The van der Waals surface area contributed by atoms with E-state index in [1.165, 1.54) is 5.57 Å². The third kappa shape index (κ3) is 5.17. The third-order valence-electron chi connectivity index (χ3n) is 5.71. The number of carbonyl (C=O) groups is 2. The average Bonchev–Trinajstić information content (AvgIpc) is 3.24. The lowest BCUT2D eigenvalue weighted by Gasteiger charge is -2.18. The SMILES string of the molecule is CC(C)=CCCC(C)CC(=O)C[C@H]1CO[C@H]2[C@@H]1OC[C@@H]2NC(=O)C1CC1. The maximum Gasteiger partial charge on any atom is 0.223 e. The Kier molecular flexibility index (Phi) is 6.51. The molecule has 26 heavy (non-hydrogen) atoms. The van der Waals surface area contributed by atoms with E-state index in [9.17, 15) is 9.59 Å². The van der Waals surface area contributed by atoms with E-state index in [1.807, 2.05) is 0 Å². The van der Waals surface area contributed by atoms with Crippen LogP contribution in [0.4, 0.5) is 0 Å². The van der Waals surface area contributed by atoms with Gasteiger partial charge in [0, 0.05) is 24.7 Å². The van der Waals surface area contributed by atoms with Gasteiger partial charge in [-0.25, -0.2) is 0 Å². The summed E-state index contributed by atoms with van der Waals surface area (Å²) in [5.74, 6) is 1.16. The first-order valence-electron chi connectivity index (χ1n) is 10.1. The Morgan fingerprint density at radius 1 is 1.15 bits per heavy atom. The lowest BCUT2D eigenvalue weighted by molar-refractivity contribution is -0.123. The number of ketones is 1. The number of hydrogen-bond acceptors (Lipinski definition) is 4. The Morgan fingerprint density at radius 2 is 1.88 bits per heavy atom. The molecule has 1 amide bonds. The van der Waals surface area contributed by atoms with Crippen molar-refractivity contribution in [1.82, 2.24) is 5.32 Å². The van der Waals surface area contributed by atoms with Gasteiger partial charge in [0.15, 0.2) is 0 Å².